The number of carbonyl (C=O) groups excluding carboxylic acids is 2. The van der Waals surface area contributed by atoms with E-state index in [4.69, 9.17) is 0 Å². The molecular weight excluding hydrogens is 516 g/mol. The molecule has 5 rings (SSSR count). The van der Waals surface area contributed by atoms with Gasteiger partial charge in [-0.15, -0.1) is 17.0 Å². The Morgan fingerprint density at radius 3 is 2.37 bits per heavy atom. The molecule has 3 aromatic rings. The van der Waals surface area contributed by atoms with Gasteiger partial charge in [0.15, 0.2) is 11.6 Å². The molecule has 186 valence electrons. The van der Waals surface area contributed by atoms with Gasteiger partial charge in [0.25, 0.3) is 5.91 Å². The largest absolute Gasteiger partial charge is 0.348 e. The van der Waals surface area contributed by atoms with Crippen LogP contribution in [0.15, 0.2) is 48.5 Å². The molecule has 0 spiro atoms. The monoisotopic (exact) mass is 545 g/mol. The van der Waals surface area contributed by atoms with E-state index in [-0.39, 0.29) is 52.1 Å². The number of hydrogen-bond donors (Lipinski definition) is 1. The second-order valence-electron chi connectivity index (χ2n) is 9.43. The van der Waals surface area contributed by atoms with Crippen molar-refractivity contribution in [2.24, 2.45) is 5.92 Å². The quantitative estimate of drug-likeness (QED) is 0.409. The van der Waals surface area contributed by atoms with E-state index in [1.54, 1.807) is 30.3 Å². The Hall–Kier alpha value is -2.58. The van der Waals surface area contributed by atoms with Crippen molar-refractivity contribution in [3.05, 3.63) is 71.4 Å². The van der Waals surface area contributed by atoms with Crippen LogP contribution < -0.4 is 0 Å². The summed E-state index contributed by atoms with van der Waals surface area (Å²) in [7, 11) is 0. The van der Waals surface area contributed by atoms with Gasteiger partial charge in [-0.25, -0.2) is 8.78 Å². The predicted molar refractivity (Wildman–Crippen MR) is 137 cm³/mol. The average molecular weight is 546 g/mol. The molecule has 2 fully saturated rings. The molecule has 35 heavy (non-hydrogen) atoms. The van der Waals surface area contributed by atoms with Crippen molar-refractivity contribution in [1.82, 2.24) is 14.8 Å². The fourth-order valence-electron chi connectivity index (χ4n) is 5.40. The molecule has 2 aromatic carbocycles. The topological polar surface area (TPSA) is 56.4 Å². The molecule has 0 bridgehead atoms. The Labute approximate surface area is 214 Å². The summed E-state index contributed by atoms with van der Waals surface area (Å²) < 4.78 is 28.0. The molecule has 2 aliphatic rings. The van der Waals surface area contributed by atoms with Gasteiger partial charge in [0, 0.05) is 41.5 Å². The number of aromatic nitrogens is 1. The molecule has 1 N–H and O–H groups in total. The van der Waals surface area contributed by atoms with Crippen LogP contribution in [0.4, 0.5) is 8.78 Å². The number of piperidine rings is 1. The highest BCUT2D eigenvalue weighted by Gasteiger charge is 2.33. The minimum atomic E-state index is -0.473. The maximum Gasteiger partial charge on any atom is 0.273 e. The molecule has 3 heterocycles. The molecule has 2 saturated heterocycles. The number of amides is 1. The Kier molecular flexibility index (Phi) is 8.02. The van der Waals surface area contributed by atoms with Crippen LogP contribution in [-0.4, -0.2) is 58.7 Å². The minimum Gasteiger partial charge on any atom is -0.348 e. The number of ketones is 1. The third-order valence-electron chi connectivity index (χ3n) is 7.36. The van der Waals surface area contributed by atoms with Crippen LogP contribution in [-0.2, 0) is 0 Å². The fourth-order valence-corrected chi connectivity index (χ4v) is 5.40. The van der Waals surface area contributed by atoms with Gasteiger partial charge in [-0.2, -0.15) is 0 Å². The van der Waals surface area contributed by atoms with Crippen molar-refractivity contribution < 1.29 is 18.4 Å². The number of nitrogens with one attached hydrogen (secondary N) is 1. The highest BCUT2D eigenvalue weighted by atomic mass is 79.9. The number of para-hydroxylation sites is 1. The molecule has 1 amide bonds. The number of halogens is 3. The molecule has 1 aromatic heterocycles. The summed E-state index contributed by atoms with van der Waals surface area (Å²) in [5.41, 5.74) is 1.26. The number of aromatic amines is 1. The number of H-pyrrole nitrogens is 1. The van der Waals surface area contributed by atoms with E-state index >= 15 is 0 Å². The van der Waals surface area contributed by atoms with Crippen LogP contribution in [0.1, 0.15) is 53.0 Å². The fraction of sp³-hybridized carbons (Fsp3) is 0.407. The van der Waals surface area contributed by atoms with Crippen LogP contribution in [0.25, 0.3) is 10.9 Å². The number of carbonyl (C=O) groups is 2. The summed E-state index contributed by atoms with van der Waals surface area (Å²) in [4.78, 5) is 33.0. The SMILES string of the molecule is Br.O=C(c1ccc(F)cc1)C1CCN(CC[C@@H]2CCCN2C(=O)c2[nH]c3ccccc3c2F)CC1. The lowest BCUT2D eigenvalue weighted by atomic mass is 9.88. The molecule has 0 aliphatic carbocycles. The van der Waals surface area contributed by atoms with Gasteiger partial charge in [0.2, 0.25) is 0 Å². The van der Waals surface area contributed by atoms with E-state index in [2.05, 4.69) is 9.88 Å². The number of hydrogen-bond acceptors (Lipinski definition) is 3. The van der Waals surface area contributed by atoms with Crippen molar-refractivity contribution in [1.29, 1.82) is 0 Å². The maximum atomic E-state index is 14.8. The van der Waals surface area contributed by atoms with Gasteiger partial charge in [-0.1, -0.05) is 12.1 Å². The zero-order chi connectivity index (χ0) is 23.7. The lowest BCUT2D eigenvalue weighted by Gasteiger charge is -2.33. The van der Waals surface area contributed by atoms with Crippen LogP contribution in [0.3, 0.4) is 0 Å². The van der Waals surface area contributed by atoms with Gasteiger partial charge in [-0.3, -0.25) is 9.59 Å². The second kappa shape index (κ2) is 11.0. The Balaban J connectivity index is 0.00000289. The predicted octanol–water partition coefficient (Wildman–Crippen LogP) is 5.61. The van der Waals surface area contributed by atoms with Gasteiger partial charge >= 0.3 is 0 Å². The van der Waals surface area contributed by atoms with E-state index in [0.717, 1.165) is 51.7 Å². The second-order valence-corrected chi connectivity index (χ2v) is 9.43. The van der Waals surface area contributed by atoms with Crippen molar-refractivity contribution in [3.63, 3.8) is 0 Å². The number of rotatable bonds is 6. The normalized spacial score (nSPS) is 19.1. The van der Waals surface area contributed by atoms with E-state index < -0.39 is 5.82 Å². The third kappa shape index (κ3) is 5.33. The number of fused-ring (bicyclic) bond motifs is 1. The standard InChI is InChI=1S/C27H29F2N3O2.BrH/c28-20-9-7-18(8-10-20)26(33)19-11-15-31(16-12-19)17-13-21-4-3-14-32(21)27(34)25-24(29)22-5-1-2-6-23(22)30-25;/h1-2,5-10,19,21,30H,3-4,11-17H2;1H/t21-;/m0./s1. The van der Waals surface area contributed by atoms with E-state index in [1.807, 2.05) is 11.0 Å². The van der Waals surface area contributed by atoms with E-state index in [9.17, 15) is 18.4 Å². The molecule has 0 unspecified atom stereocenters. The third-order valence-corrected chi connectivity index (χ3v) is 7.36. The summed E-state index contributed by atoms with van der Waals surface area (Å²) in [5, 5.41) is 0.444. The van der Waals surface area contributed by atoms with Crippen molar-refractivity contribution in [2.45, 2.75) is 38.1 Å². The number of nitrogens with zero attached hydrogens (tertiary/aromatic N) is 2. The zero-order valence-corrected chi connectivity index (χ0v) is 21.2. The van der Waals surface area contributed by atoms with E-state index in [1.165, 1.54) is 12.1 Å². The van der Waals surface area contributed by atoms with Gasteiger partial charge in [0.1, 0.15) is 11.5 Å². The first-order valence-electron chi connectivity index (χ1n) is 12.1. The first-order valence-corrected chi connectivity index (χ1v) is 12.1. The average Bonchev–Trinajstić information content (AvgIpc) is 3.47. The maximum absolute atomic E-state index is 14.8. The van der Waals surface area contributed by atoms with Crippen LogP contribution in [0.5, 0.6) is 0 Å². The van der Waals surface area contributed by atoms with Crippen molar-refractivity contribution in [3.8, 4) is 0 Å². The first-order chi connectivity index (χ1) is 16.5. The lowest BCUT2D eigenvalue weighted by molar-refractivity contribution is 0.0696. The summed E-state index contributed by atoms with van der Waals surface area (Å²) in [6.07, 6.45) is 4.25. The zero-order valence-electron chi connectivity index (χ0n) is 19.5. The molecule has 5 nitrogen and oxygen atoms in total. The van der Waals surface area contributed by atoms with Gasteiger partial charge in [0.05, 0.1) is 0 Å². The van der Waals surface area contributed by atoms with Crippen LogP contribution in [0, 0.1) is 17.6 Å². The Morgan fingerprint density at radius 2 is 1.66 bits per heavy atom. The molecule has 0 radical (unpaired) electrons. The lowest BCUT2D eigenvalue weighted by Crippen LogP contribution is -2.41. The van der Waals surface area contributed by atoms with E-state index in [0.29, 0.717) is 23.0 Å². The highest BCUT2D eigenvalue weighted by molar-refractivity contribution is 8.93. The van der Waals surface area contributed by atoms with Gasteiger partial charge in [-0.05, 0) is 81.6 Å². The number of likely N-dealkylation sites (tertiary alicyclic amines) is 2. The molecular formula is C27H30BrF2N3O2. The Morgan fingerprint density at radius 1 is 0.943 bits per heavy atom. The summed E-state index contributed by atoms with van der Waals surface area (Å²) in [6.45, 7) is 3.15. The summed E-state index contributed by atoms with van der Waals surface area (Å²) >= 11 is 0. The molecule has 0 saturated carbocycles. The van der Waals surface area contributed by atoms with Crippen LogP contribution in [0.2, 0.25) is 0 Å². The molecule has 8 heteroatoms. The van der Waals surface area contributed by atoms with Crippen LogP contribution >= 0.6 is 17.0 Å². The number of Topliss-reactive ketones (excluding diaryl/α,β-unsaturated/α-hetero) is 1. The number of benzene rings is 2. The highest BCUT2D eigenvalue weighted by Crippen LogP contribution is 2.28. The summed E-state index contributed by atoms with van der Waals surface area (Å²) in [6, 6.07) is 12.9. The first kappa shape index (κ1) is 25.5. The summed E-state index contributed by atoms with van der Waals surface area (Å²) in [5.74, 6) is -1.01. The molecule has 1 atom stereocenters. The minimum absolute atomic E-state index is 0. The Bertz CT molecular complexity index is 1190. The molecule has 2 aliphatic heterocycles. The van der Waals surface area contributed by atoms with Gasteiger partial charge < -0.3 is 14.8 Å². The van der Waals surface area contributed by atoms with Crippen molar-refractivity contribution in [2.75, 3.05) is 26.2 Å². The smallest absolute Gasteiger partial charge is 0.273 e. The van der Waals surface area contributed by atoms with Crippen molar-refractivity contribution >= 4 is 39.6 Å².